The molecule has 2 bridgehead atoms. The van der Waals surface area contributed by atoms with E-state index in [2.05, 4.69) is 28.4 Å². The Morgan fingerprint density at radius 1 is 1.15 bits per heavy atom. The molecule has 3 aliphatic carbocycles. The summed E-state index contributed by atoms with van der Waals surface area (Å²) in [5.41, 5.74) is 12.5. The molecule has 1 fully saturated rings. The Hall–Kier alpha value is -3.68. The number of hydrogen-bond donors (Lipinski definition) is 3. The van der Waals surface area contributed by atoms with Gasteiger partial charge in [0.25, 0.3) is 5.56 Å². The lowest BCUT2D eigenvalue weighted by molar-refractivity contribution is -0.124. The van der Waals surface area contributed by atoms with Crippen LogP contribution in [0.1, 0.15) is 59.1 Å². The first-order valence-electron chi connectivity index (χ1n) is 11.3. The van der Waals surface area contributed by atoms with Crippen molar-refractivity contribution in [2.75, 3.05) is 11.1 Å². The predicted octanol–water partition coefficient (Wildman–Crippen LogP) is 2.43. The quantitative estimate of drug-likeness (QED) is 0.574. The first kappa shape index (κ1) is 20.0. The molecule has 8 heteroatoms. The number of nitrogens with zero attached hydrogens (tertiary/aromatic N) is 2. The van der Waals surface area contributed by atoms with Crippen LogP contribution in [0.25, 0.3) is 5.69 Å². The van der Waals surface area contributed by atoms with Gasteiger partial charge in [0, 0.05) is 5.69 Å². The predicted molar refractivity (Wildman–Crippen MR) is 125 cm³/mol. The molecule has 33 heavy (non-hydrogen) atoms. The van der Waals surface area contributed by atoms with Gasteiger partial charge in [-0.3, -0.25) is 14.6 Å². The van der Waals surface area contributed by atoms with E-state index in [4.69, 9.17) is 5.73 Å². The van der Waals surface area contributed by atoms with Crippen molar-refractivity contribution in [2.24, 2.45) is 5.92 Å². The molecule has 1 aromatic heterocycles. The zero-order valence-electron chi connectivity index (χ0n) is 18.8. The summed E-state index contributed by atoms with van der Waals surface area (Å²) in [4.78, 5) is 38.9. The minimum absolute atomic E-state index is 0.133. The number of aromatic amines is 1. The highest BCUT2D eigenvalue weighted by Gasteiger charge is 2.59. The second-order valence-corrected chi connectivity index (χ2v) is 9.87. The van der Waals surface area contributed by atoms with Crippen LogP contribution in [-0.4, -0.2) is 20.7 Å². The van der Waals surface area contributed by atoms with Gasteiger partial charge in [0.05, 0.1) is 11.1 Å². The number of rotatable bonds is 3. The number of nitrogen functional groups attached to an aromatic ring is 1. The fourth-order valence-electron chi connectivity index (χ4n) is 6.18. The van der Waals surface area contributed by atoms with Gasteiger partial charge in [0.2, 0.25) is 11.7 Å². The maximum Gasteiger partial charge on any atom is 0.349 e. The number of hydrogen-bond acceptors (Lipinski definition) is 5. The second kappa shape index (κ2) is 6.43. The van der Waals surface area contributed by atoms with Crippen molar-refractivity contribution in [2.45, 2.75) is 51.4 Å². The number of benzene rings is 2. The number of nitrogens with two attached hydrogens (primary N) is 1. The number of nitrogens with one attached hydrogen (secondary N) is 2. The number of amides is 1. The van der Waals surface area contributed by atoms with Crippen molar-refractivity contribution < 1.29 is 4.79 Å². The Bertz CT molecular complexity index is 1470. The van der Waals surface area contributed by atoms with E-state index in [0.717, 1.165) is 40.8 Å². The second-order valence-electron chi connectivity index (χ2n) is 9.87. The molecule has 1 amide bonds. The minimum Gasteiger partial charge on any atom is -0.378 e. The van der Waals surface area contributed by atoms with Gasteiger partial charge in [-0.25, -0.2) is 4.79 Å². The van der Waals surface area contributed by atoms with Gasteiger partial charge in [-0.1, -0.05) is 6.07 Å². The number of carbonyl (C=O) groups excluding carboxylic acids is 1. The van der Waals surface area contributed by atoms with E-state index in [-0.39, 0.29) is 11.7 Å². The zero-order chi connectivity index (χ0) is 23.2. The van der Waals surface area contributed by atoms with E-state index in [1.54, 1.807) is 0 Å². The van der Waals surface area contributed by atoms with Crippen molar-refractivity contribution in [3.05, 3.63) is 78.5 Å². The van der Waals surface area contributed by atoms with Gasteiger partial charge in [-0.05, 0) is 103 Å². The summed E-state index contributed by atoms with van der Waals surface area (Å²) in [5.74, 6) is 0.836. The largest absolute Gasteiger partial charge is 0.378 e. The molecule has 3 aromatic rings. The van der Waals surface area contributed by atoms with Crippen LogP contribution in [0, 0.1) is 19.8 Å². The van der Waals surface area contributed by atoms with E-state index < -0.39 is 16.7 Å². The van der Waals surface area contributed by atoms with Gasteiger partial charge in [-0.2, -0.15) is 4.68 Å². The fourth-order valence-corrected chi connectivity index (χ4v) is 6.18. The maximum absolute atomic E-state index is 12.9. The molecule has 1 unspecified atom stereocenters. The van der Waals surface area contributed by atoms with Crippen LogP contribution >= 0.6 is 0 Å². The number of aromatic nitrogens is 3. The minimum atomic E-state index is -0.690. The van der Waals surface area contributed by atoms with Gasteiger partial charge in [-0.15, -0.1) is 5.10 Å². The van der Waals surface area contributed by atoms with Gasteiger partial charge < -0.3 is 11.1 Å². The summed E-state index contributed by atoms with van der Waals surface area (Å²) in [5, 5.41) is 7.07. The number of anilines is 2. The van der Waals surface area contributed by atoms with Crippen molar-refractivity contribution >= 4 is 17.4 Å². The van der Waals surface area contributed by atoms with Crippen molar-refractivity contribution in [1.29, 1.82) is 0 Å². The summed E-state index contributed by atoms with van der Waals surface area (Å²) in [6, 6.07) is 7.98. The lowest BCUT2D eigenvalue weighted by atomic mass is 9.50. The topological polar surface area (TPSA) is 123 Å². The molecule has 4 N–H and O–H groups in total. The lowest BCUT2D eigenvalue weighted by Gasteiger charge is -2.51. The van der Waals surface area contributed by atoms with E-state index >= 15 is 0 Å². The maximum atomic E-state index is 12.9. The summed E-state index contributed by atoms with van der Waals surface area (Å²) < 4.78 is 1.12. The fraction of sp³-hybridized carbons (Fsp3) is 0.360. The number of carbonyl (C=O) groups is 1. The molecular weight excluding hydrogens is 418 g/mol. The highest BCUT2D eigenvalue weighted by molar-refractivity contribution is 6.07. The van der Waals surface area contributed by atoms with Gasteiger partial charge in [0.15, 0.2) is 0 Å². The third kappa shape index (κ3) is 2.57. The molecule has 1 saturated carbocycles. The van der Waals surface area contributed by atoms with Gasteiger partial charge >= 0.3 is 5.69 Å². The average Bonchev–Trinajstić information content (AvgIpc) is 2.99. The Labute approximate surface area is 189 Å². The van der Waals surface area contributed by atoms with Crippen LogP contribution in [0.15, 0.2) is 33.9 Å². The van der Waals surface area contributed by atoms with Crippen molar-refractivity contribution in [3.8, 4) is 5.69 Å². The van der Waals surface area contributed by atoms with E-state index in [1.807, 2.05) is 32.0 Å². The molecule has 7 rings (SSSR count). The van der Waals surface area contributed by atoms with Crippen molar-refractivity contribution in [1.82, 2.24) is 14.8 Å². The van der Waals surface area contributed by atoms with Crippen molar-refractivity contribution in [3.63, 3.8) is 0 Å². The third-order valence-corrected chi connectivity index (χ3v) is 8.08. The van der Waals surface area contributed by atoms with Crippen LogP contribution in [-0.2, 0) is 16.6 Å². The molecule has 8 nitrogen and oxygen atoms in total. The Balaban J connectivity index is 1.44. The van der Waals surface area contributed by atoms with E-state index in [0.29, 0.717) is 17.5 Å². The first-order valence-corrected chi connectivity index (χ1v) is 11.3. The molecular formula is C25H25N5O3. The molecule has 168 valence electrons. The smallest absolute Gasteiger partial charge is 0.349 e. The summed E-state index contributed by atoms with van der Waals surface area (Å²) >= 11 is 0. The summed E-state index contributed by atoms with van der Waals surface area (Å²) in [6.45, 7) is 6.13. The van der Waals surface area contributed by atoms with Crippen LogP contribution in [0.2, 0.25) is 0 Å². The Morgan fingerprint density at radius 2 is 1.85 bits per heavy atom. The first-order chi connectivity index (χ1) is 15.7. The summed E-state index contributed by atoms with van der Waals surface area (Å²) in [7, 11) is 0. The monoisotopic (exact) mass is 443 g/mol. The number of H-pyrrole nitrogens is 1. The molecule has 2 heterocycles. The van der Waals surface area contributed by atoms with Crippen LogP contribution in [0.3, 0.4) is 0 Å². The van der Waals surface area contributed by atoms with Gasteiger partial charge in [0.1, 0.15) is 0 Å². The highest BCUT2D eigenvalue weighted by Crippen LogP contribution is 2.63. The van der Waals surface area contributed by atoms with Crippen LogP contribution < -0.4 is 22.3 Å². The lowest BCUT2D eigenvalue weighted by Crippen LogP contribution is -2.49. The van der Waals surface area contributed by atoms with E-state index in [9.17, 15) is 14.4 Å². The molecule has 2 aromatic carbocycles. The highest BCUT2D eigenvalue weighted by atomic mass is 16.2. The van der Waals surface area contributed by atoms with E-state index in [1.165, 1.54) is 22.3 Å². The van der Waals surface area contributed by atoms with Crippen LogP contribution in [0.5, 0.6) is 0 Å². The SMILES string of the molecule is Cc1cc(-n2nc(N)c(=O)[nH]c2=O)cc(C)c1Cc1ccc2c3c1C1CC(C1)C3(C)C(=O)N2. The standard InChI is InChI=1S/C25H25N5O3/c1-11-6-16(30-24(33)28-22(31)21(26)29-30)7-12(2)17(11)10-13-4-5-18-20-19(13)14-8-15(9-14)25(20,3)23(32)27-18/h4-7,14-15H,8-10H2,1-3H3,(H2,26,29)(H,27,32)(H,28,31,33). The molecule has 0 radical (unpaired) electrons. The number of aryl methyl sites for hydroxylation is 2. The molecule has 4 aliphatic rings. The molecule has 0 spiro atoms. The molecule has 1 aliphatic heterocycles. The Morgan fingerprint density at radius 3 is 2.55 bits per heavy atom. The van der Waals surface area contributed by atoms with Crippen LogP contribution in [0.4, 0.5) is 11.5 Å². The average molecular weight is 444 g/mol. The molecule has 0 saturated heterocycles. The third-order valence-electron chi connectivity index (χ3n) is 8.08. The Kier molecular flexibility index (Phi) is 3.89. The molecule has 1 atom stereocenters. The zero-order valence-corrected chi connectivity index (χ0v) is 18.8. The normalized spacial score (nSPS) is 24.3. The summed E-state index contributed by atoms with van der Waals surface area (Å²) in [6.07, 6.45) is 2.90.